The van der Waals surface area contributed by atoms with E-state index < -0.39 is 6.10 Å². The van der Waals surface area contributed by atoms with Gasteiger partial charge in [0, 0.05) is 12.7 Å². The number of aromatic nitrogens is 3. The maximum Gasteiger partial charge on any atom is 0.244 e. The molecule has 8 heteroatoms. The molecule has 130 valence electrons. The lowest BCUT2D eigenvalue weighted by molar-refractivity contribution is 0.160. The predicted molar refractivity (Wildman–Crippen MR) is 85.9 cm³/mol. The summed E-state index contributed by atoms with van der Waals surface area (Å²) in [7, 11) is 0. The predicted octanol–water partition coefficient (Wildman–Crippen LogP) is 1.52. The van der Waals surface area contributed by atoms with E-state index in [9.17, 15) is 5.11 Å². The minimum Gasteiger partial charge on any atom is -0.462 e. The van der Waals surface area contributed by atoms with Crippen molar-refractivity contribution in [3.63, 3.8) is 0 Å². The van der Waals surface area contributed by atoms with Crippen LogP contribution in [-0.4, -0.2) is 42.9 Å². The summed E-state index contributed by atoms with van der Waals surface area (Å²) in [4.78, 5) is 10.7. The molecule has 0 amide bonds. The highest BCUT2D eigenvalue weighted by Crippen LogP contribution is 2.33. The van der Waals surface area contributed by atoms with Crippen molar-refractivity contribution >= 4 is 0 Å². The first kappa shape index (κ1) is 15.9. The zero-order chi connectivity index (χ0) is 17.2. The highest BCUT2D eigenvalue weighted by molar-refractivity contribution is 5.47. The third-order valence-corrected chi connectivity index (χ3v) is 4.23. The van der Waals surface area contributed by atoms with Crippen LogP contribution in [0.3, 0.4) is 0 Å². The van der Waals surface area contributed by atoms with E-state index >= 15 is 0 Å². The van der Waals surface area contributed by atoms with Gasteiger partial charge in [0.15, 0.2) is 0 Å². The minimum absolute atomic E-state index is 0.136. The van der Waals surface area contributed by atoms with Gasteiger partial charge in [0.25, 0.3) is 0 Å². The summed E-state index contributed by atoms with van der Waals surface area (Å²) in [5.74, 6) is 2.11. The Hall–Kier alpha value is -2.55. The summed E-state index contributed by atoms with van der Waals surface area (Å²) in [6, 6.07) is 8.87. The third-order valence-electron chi connectivity index (χ3n) is 4.23. The van der Waals surface area contributed by atoms with Crippen LogP contribution < -0.4 is 0 Å². The molecular formula is C17H18N4O4. The third kappa shape index (κ3) is 3.32. The topological polar surface area (TPSA) is 109 Å². The van der Waals surface area contributed by atoms with Gasteiger partial charge in [-0.05, 0) is 30.7 Å². The van der Waals surface area contributed by atoms with Crippen LogP contribution in [0.5, 0.6) is 0 Å². The molecular weight excluding hydrogens is 324 g/mol. The molecule has 1 saturated heterocycles. The molecule has 0 unspecified atom stereocenters. The second kappa shape index (κ2) is 6.75. The molecule has 0 spiro atoms. The number of hydrogen-bond donors (Lipinski definition) is 2. The maximum atomic E-state index is 10.1. The Morgan fingerprint density at radius 2 is 2.08 bits per heavy atom. The fourth-order valence-electron chi connectivity index (χ4n) is 3.07. The van der Waals surface area contributed by atoms with Gasteiger partial charge in [-0.3, -0.25) is 9.88 Å². The summed E-state index contributed by atoms with van der Waals surface area (Å²) in [6.45, 7) is 0.841. The lowest BCUT2D eigenvalue weighted by Crippen LogP contribution is -2.24. The van der Waals surface area contributed by atoms with Crippen molar-refractivity contribution in [1.29, 1.82) is 0 Å². The summed E-state index contributed by atoms with van der Waals surface area (Å²) in [5.41, 5.74) is 0.640. The molecule has 2 N–H and O–H groups in total. The standard InChI is InChI=1S/C17H18N4O4/c22-10-13-5-4-12(24-13)9-21-8-11(23)7-15(21)17-19-16(20-25-17)14-3-1-2-6-18-14/h1-6,11,15,22-23H,7-10H2/t11-,15-/m1/s1. The average molecular weight is 342 g/mol. The Morgan fingerprint density at radius 1 is 1.20 bits per heavy atom. The number of likely N-dealkylation sites (tertiary alicyclic amines) is 1. The van der Waals surface area contributed by atoms with Crippen molar-refractivity contribution in [2.75, 3.05) is 6.54 Å². The minimum atomic E-state index is -0.470. The molecule has 1 aliphatic heterocycles. The van der Waals surface area contributed by atoms with Crippen molar-refractivity contribution in [2.24, 2.45) is 0 Å². The van der Waals surface area contributed by atoms with Crippen molar-refractivity contribution < 1.29 is 19.2 Å². The molecule has 0 bridgehead atoms. The van der Waals surface area contributed by atoms with Crippen LogP contribution in [0.15, 0.2) is 45.5 Å². The van der Waals surface area contributed by atoms with Crippen molar-refractivity contribution in [1.82, 2.24) is 20.0 Å². The number of hydrogen-bond acceptors (Lipinski definition) is 8. The Balaban J connectivity index is 1.54. The van der Waals surface area contributed by atoms with Crippen LogP contribution in [0.1, 0.15) is 29.9 Å². The molecule has 4 heterocycles. The van der Waals surface area contributed by atoms with E-state index in [4.69, 9.17) is 14.0 Å². The first-order chi connectivity index (χ1) is 12.2. The molecule has 0 saturated carbocycles. The molecule has 3 aromatic rings. The first-order valence-electron chi connectivity index (χ1n) is 8.08. The van der Waals surface area contributed by atoms with E-state index in [2.05, 4.69) is 15.1 Å². The zero-order valence-corrected chi connectivity index (χ0v) is 13.4. The highest BCUT2D eigenvalue weighted by Gasteiger charge is 2.36. The SMILES string of the molecule is OCc1ccc(CN2C[C@H](O)C[C@@H]2c2nc(-c3ccccn3)no2)o1. The van der Waals surface area contributed by atoms with Crippen molar-refractivity contribution in [2.45, 2.75) is 31.7 Å². The Morgan fingerprint density at radius 3 is 2.84 bits per heavy atom. The van der Waals surface area contributed by atoms with E-state index in [1.807, 2.05) is 29.2 Å². The summed E-state index contributed by atoms with van der Waals surface area (Å²) in [6.07, 6.45) is 1.71. The van der Waals surface area contributed by atoms with Gasteiger partial charge in [-0.25, -0.2) is 0 Å². The Kier molecular flexibility index (Phi) is 4.31. The second-order valence-corrected chi connectivity index (χ2v) is 6.03. The van der Waals surface area contributed by atoms with E-state index in [0.29, 0.717) is 48.4 Å². The molecule has 1 fully saturated rings. The Labute approximate surface area is 143 Å². The van der Waals surface area contributed by atoms with Gasteiger partial charge in [-0.2, -0.15) is 4.98 Å². The second-order valence-electron chi connectivity index (χ2n) is 6.03. The van der Waals surface area contributed by atoms with E-state index in [1.165, 1.54) is 0 Å². The van der Waals surface area contributed by atoms with Gasteiger partial charge in [-0.15, -0.1) is 0 Å². The van der Waals surface area contributed by atoms with E-state index in [0.717, 1.165) is 0 Å². The van der Waals surface area contributed by atoms with E-state index in [-0.39, 0.29) is 12.6 Å². The largest absolute Gasteiger partial charge is 0.462 e. The molecule has 25 heavy (non-hydrogen) atoms. The number of rotatable bonds is 5. The fraction of sp³-hybridized carbons (Fsp3) is 0.353. The van der Waals surface area contributed by atoms with Crippen LogP contribution in [0.4, 0.5) is 0 Å². The molecule has 3 aromatic heterocycles. The zero-order valence-electron chi connectivity index (χ0n) is 13.4. The van der Waals surface area contributed by atoms with Crippen molar-refractivity contribution in [3.8, 4) is 11.5 Å². The lowest BCUT2D eigenvalue weighted by Gasteiger charge is -2.19. The lowest BCUT2D eigenvalue weighted by atomic mass is 10.2. The maximum absolute atomic E-state index is 10.1. The van der Waals surface area contributed by atoms with Crippen LogP contribution in [-0.2, 0) is 13.2 Å². The van der Waals surface area contributed by atoms with Gasteiger partial charge in [0.1, 0.15) is 23.8 Å². The van der Waals surface area contributed by atoms with Crippen LogP contribution >= 0.6 is 0 Å². The number of aliphatic hydroxyl groups is 2. The van der Waals surface area contributed by atoms with Crippen molar-refractivity contribution in [3.05, 3.63) is 53.9 Å². The first-order valence-corrected chi connectivity index (χ1v) is 8.08. The molecule has 8 nitrogen and oxygen atoms in total. The van der Waals surface area contributed by atoms with Crippen LogP contribution in [0.25, 0.3) is 11.5 Å². The molecule has 0 aliphatic carbocycles. The summed E-state index contributed by atoms with van der Waals surface area (Å²) < 4.78 is 11.0. The normalized spacial score (nSPS) is 21.0. The number of nitrogens with zero attached hydrogens (tertiary/aromatic N) is 4. The summed E-state index contributed by atoms with van der Waals surface area (Å²) >= 11 is 0. The number of pyridine rings is 1. The van der Waals surface area contributed by atoms with Gasteiger partial charge < -0.3 is 19.2 Å². The highest BCUT2D eigenvalue weighted by atomic mass is 16.5. The van der Waals surface area contributed by atoms with Crippen LogP contribution in [0.2, 0.25) is 0 Å². The van der Waals surface area contributed by atoms with Gasteiger partial charge in [0.05, 0.1) is 18.7 Å². The fourth-order valence-corrected chi connectivity index (χ4v) is 3.07. The van der Waals surface area contributed by atoms with Crippen LogP contribution in [0, 0.1) is 0 Å². The molecule has 0 radical (unpaired) electrons. The summed E-state index contributed by atoms with van der Waals surface area (Å²) in [5, 5.41) is 23.2. The number of β-amino-alcohol motifs (C(OH)–C–C–N with tert-alkyl or cyclic N) is 1. The molecule has 4 rings (SSSR count). The van der Waals surface area contributed by atoms with E-state index in [1.54, 1.807) is 12.3 Å². The monoisotopic (exact) mass is 342 g/mol. The Bertz CT molecular complexity index is 832. The molecule has 1 aliphatic rings. The average Bonchev–Trinajstić information content (AvgIpc) is 3.36. The van der Waals surface area contributed by atoms with Gasteiger partial charge in [0.2, 0.25) is 11.7 Å². The van der Waals surface area contributed by atoms with Gasteiger partial charge >= 0.3 is 0 Å². The number of aliphatic hydroxyl groups excluding tert-OH is 2. The quantitative estimate of drug-likeness (QED) is 0.718. The smallest absolute Gasteiger partial charge is 0.244 e. The van der Waals surface area contributed by atoms with Gasteiger partial charge in [-0.1, -0.05) is 11.2 Å². The molecule has 0 aromatic carbocycles. The molecule has 2 atom stereocenters. The number of furan rings is 1.